The summed E-state index contributed by atoms with van der Waals surface area (Å²) in [5, 5.41) is 26.6. The lowest BCUT2D eigenvalue weighted by Gasteiger charge is -2.19. The lowest BCUT2D eigenvalue weighted by molar-refractivity contribution is -0.121. The van der Waals surface area contributed by atoms with Gasteiger partial charge in [0.2, 0.25) is 5.91 Å². The van der Waals surface area contributed by atoms with Crippen LogP contribution in [0.4, 0.5) is 5.82 Å². The smallest absolute Gasteiger partial charge is 0.490 e. The number of phosphoric ester groups is 1. The van der Waals surface area contributed by atoms with Crippen LogP contribution in [0.1, 0.15) is 71.0 Å². The predicted octanol–water partition coefficient (Wildman–Crippen LogP) is 4.77. The number of hydrogen-bond acceptors (Lipinski definition) is 16. The number of aromatic carboxylic acids is 1. The molecule has 1 saturated heterocycles. The van der Waals surface area contributed by atoms with Crippen molar-refractivity contribution in [2.75, 3.05) is 25.4 Å². The van der Waals surface area contributed by atoms with Gasteiger partial charge in [0, 0.05) is 53.4 Å². The number of carboxylic acid groups (broad SMARTS) is 1. The lowest BCUT2D eigenvalue weighted by atomic mass is 9.89. The van der Waals surface area contributed by atoms with Gasteiger partial charge in [0.15, 0.2) is 5.43 Å². The number of rotatable bonds is 18. The summed E-state index contributed by atoms with van der Waals surface area (Å²) in [4.78, 5) is 95.4. The number of benzene rings is 3. The van der Waals surface area contributed by atoms with Crippen LogP contribution in [0.25, 0.3) is 44.5 Å². The number of aromatic hydroxyl groups is 1. The van der Waals surface area contributed by atoms with E-state index in [0.717, 1.165) is 0 Å². The molecule has 0 saturated carbocycles. The van der Waals surface area contributed by atoms with Gasteiger partial charge in [-0.15, -0.1) is 0 Å². The Hall–Kier alpha value is -6.31. The van der Waals surface area contributed by atoms with Crippen molar-refractivity contribution in [3.8, 4) is 40.0 Å². The number of anilines is 1. The van der Waals surface area contributed by atoms with Crippen molar-refractivity contribution >= 4 is 69.1 Å². The molecule has 358 valence electrons. The molecule has 2 unspecified atom stereocenters. The zero-order valence-electron chi connectivity index (χ0n) is 35.2. The number of fused-ring (bicyclic) bond motifs is 3. The first kappa shape index (κ1) is 49.6. The number of carbonyl (C=O) groups is 3. The van der Waals surface area contributed by atoms with Crippen LogP contribution >= 0.6 is 23.5 Å². The molecular formula is C41H41N6O18P3. The van der Waals surface area contributed by atoms with Crippen molar-refractivity contribution < 1.29 is 80.2 Å². The van der Waals surface area contributed by atoms with Crippen molar-refractivity contribution in [2.24, 2.45) is 0 Å². The minimum Gasteiger partial charge on any atom is -0.508 e. The van der Waals surface area contributed by atoms with Crippen molar-refractivity contribution in [1.82, 2.24) is 25.2 Å². The molecule has 24 nitrogen and oxygen atoms in total. The van der Waals surface area contributed by atoms with Gasteiger partial charge in [-0.3, -0.25) is 18.9 Å². The maximum Gasteiger partial charge on any atom is 0.490 e. The van der Waals surface area contributed by atoms with Crippen LogP contribution < -0.4 is 21.8 Å². The largest absolute Gasteiger partial charge is 0.508 e. The van der Waals surface area contributed by atoms with Gasteiger partial charge >= 0.3 is 29.4 Å². The average Bonchev–Trinajstić information content (AvgIpc) is 3.88. The van der Waals surface area contributed by atoms with E-state index in [4.69, 9.17) is 29.2 Å². The highest BCUT2D eigenvalue weighted by molar-refractivity contribution is 7.66. The number of nitrogens with one attached hydrogen (secondary N) is 2. The Kier molecular flexibility index (Phi) is 15.0. The molecule has 2 amide bonds. The molecule has 1 fully saturated rings. The highest BCUT2D eigenvalue weighted by Crippen LogP contribution is 2.66. The Morgan fingerprint density at radius 1 is 0.912 bits per heavy atom. The Morgan fingerprint density at radius 3 is 2.47 bits per heavy atom. The van der Waals surface area contributed by atoms with Crippen LogP contribution in [0.2, 0.25) is 0 Å². The van der Waals surface area contributed by atoms with Crippen LogP contribution in [-0.4, -0.2) is 87.9 Å². The lowest BCUT2D eigenvalue weighted by Crippen LogP contribution is -2.25. The van der Waals surface area contributed by atoms with Gasteiger partial charge < -0.3 is 59.9 Å². The third-order valence-electron chi connectivity index (χ3n) is 10.3. The van der Waals surface area contributed by atoms with Crippen molar-refractivity contribution in [3.63, 3.8) is 0 Å². The molecule has 0 radical (unpaired) electrons. The van der Waals surface area contributed by atoms with E-state index >= 15 is 0 Å². The molecule has 2 aliphatic heterocycles. The Balaban J connectivity index is 0.890. The van der Waals surface area contributed by atoms with Crippen LogP contribution in [0.5, 0.6) is 5.75 Å². The second-order valence-electron chi connectivity index (χ2n) is 15.1. The topological polar surface area (TPSA) is 372 Å². The normalized spacial score (nSPS) is 16.8. The van der Waals surface area contributed by atoms with Gasteiger partial charge in [-0.2, -0.15) is 8.62 Å². The number of amides is 2. The molecule has 1 aliphatic carbocycles. The number of nitrogen functional groups attached to an aromatic ring is 1. The highest BCUT2D eigenvalue weighted by atomic mass is 31.3. The number of phenols is 1. The van der Waals surface area contributed by atoms with Crippen LogP contribution in [-0.2, 0) is 36.4 Å². The maximum atomic E-state index is 13.3. The van der Waals surface area contributed by atoms with E-state index in [0.29, 0.717) is 58.8 Å². The van der Waals surface area contributed by atoms with Gasteiger partial charge in [0.25, 0.3) is 5.91 Å². The number of nitrogens with two attached hydrogens (primary N) is 1. The third kappa shape index (κ3) is 12.2. The molecule has 0 spiro atoms. The fourth-order valence-corrected chi connectivity index (χ4v) is 10.5. The van der Waals surface area contributed by atoms with Crippen LogP contribution in [0, 0.1) is 11.8 Å². The van der Waals surface area contributed by atoms with Gasteiger partial charge in [0.1, 0.15) is 41.1 Å². The molecule has 4 atom stereocenters. The first-order chi connectivity index (χ1) is 32.2. The third-order valence-corrected chi connectivity index (χ3v) is 14.1. The number of carboxylic acids is 1. The highest BCUT2D eigenvalue weighted by Gasteiger charge is 2.41. The fraction of sp³-hybridized carbons (Fsp3) is 0.268. The summed E-state index contributed by atoms with van der Waals surface area (Å²) in [7, 11) is -16.6. The van der Waals surface area contributed by atoms with E-state index in [9.17, 15) is 52.9 Å². The van der Waals surface area contributed by atoms with Gasteiger partial charge in [-0.1, -0.05) is 18.3 Å². The number of ether oxygens (including phenoxy) is 1. The second kappa shape index (κ2) is 20.5. The number of hydrogen-bond donors (Lipinski definition) is 9. The molecule has 2 aromatic carbocycles. The van der Waals surface area contributed by atoms with E-state index < -0.39 is 54.3 Å². The summed E-state index contributed by atoms with van der Waals surface area (Å²) in [5.41, 5.74) is 7.89. The maximum absolute atomic E-state index is 13.3. The molecule has 4 aromatic rings. The minimum absolute atomic E-state index is 0.0219. The molecule has 2 aromatic heterocycles. The van der Waals surface area contributed by atoms with Crippen LogP contribution in [0.3, 0.4) is 0 Å². The van der Waals surface area contributed by atoms with E-state index in [1.165, 1.54) is 54.9 Å². The molecule has 27 heteroatoms. The molecular weight excluding hydrogens is 957 g/mol. The molecule has 7 rings (SSSR count). The fourth-order valence-electron chi connectivity index (χ4n) is 7.41. The van der Waals surface area contributed by atoms with Gasteiger partial charge in [0.05, 0.1) is 35.8 Å². The van der Waals surface area contributed by atoms with E-state index in [-0.39, 0.29) is 76.9 Å². The van der Waals surface area contributed by atoms with Crippen molar-refractivity contribution in [2.45, 2.75) is 50.9 Å². The summed E-state index contributed by atoms with van der Waals surface area (Å²) in [6, 6.07) is 12.6. The standard InChI is InChI=1S/C41H41N6O18P3/c42-38-36-24(20-47(39(36)46-22-45-38)35-14-10-27(62-35)21-61-67(57,58)65-68(59,60)64-66(54,55)56)5-4-16-43-34(50)6-2-1-3-15-44-40(51)23-7-11-28(41(52)53)31(17-23)37-29-12-8-25(48)18-32(29)63-33-19-26(49)9-13-30(33)37/h7-9,11-13,17-20,22,27,35,48H,1-3,6,10,14-16,21H2,(H,43,50)(H,44,51)(H,52,53)(H,57,58)(H,59,60)(H2,42,45,46)(H2,54,55,56)/t27-,35+/m0/s1. The molecule has 10 N–H and O–H groups in total. The number of phosphoric acid groups is 3. The summed E-state index contributed by atoms with van der Waals surface area (Å²) in [5.74, 6) is 4.01. The zero-order chi connectivity index (χ0) is 49.0. The summed E-state index contributed by atoms with van der Waals surface area (Å²) < 4.78 is 60.2. The molecule has 68 heavy (non-hydrogen) atoms. The number of nitrogens with zero attached hydrogens (tertiary/aromatic N) is 3. The number of unbranched alkanes of at least 4 members (excludes halogenated alkanes) is 2. The van der Waals surface area contributed by atoms with Crippen molar-refractivity contribution in [1.29, 1.82) is 0 Å². The first-order valence-electron chi connectivity index (χ1n) is 20.3. The summed E-state index contributed by atoms with van der Waals surface area (Å²) in [6.07, 6.45) is 3.65. The minimum atomic E-state index is -5.69. The number of aromatic nitrogens is 3. The monoisotopic (exact) mass is 998 g/mol. The average molecular weight is 999 g/mol. The second-order valence-corrected chi connectivity index (χ2v) is 19.5. The first-order valence-corrected chi connectivity index (χ1v) is 24.8. The number of phenolic OH excluding ortho intramolecular Hbond substituents is 1. The Morgan fingerprint density at radius 2 is 1.71 bits per heavy atom. The van der Waals surface area contributed by atoms with Gasteiger partial charge in [-0.05, 0) is 73.7 Å². The summed E-state index contributed by atoms with van der Waals surface area (Å²) >= 11 is 0. The van der Waals surface area contributed by atoms with E-state index in [1.54, 1.807) is 16.8 Å². The van der Waals surface area contributed by atoms with Gasteiger partial charge in [-0.25, -0.2) is 28.5 Å². The zero-order valence-corrected chi connectivity index (χ0v) is 37.9. The van der Waals surface area contributed by atoms with Crippen molar-refractivity contribution in [3.05, 3.63) is 94.0 Å². The predicted molar refractivity (Wildman–Crippen MR) is 239 cm³/mol. The number of carbonyl (C=O) groups excluding carboxylic acids is 2. The quantitative estimate of drug-likeness (QED) is 0.0242. The Bertz CT molecular complexity index is 3180. The molecule has 4 heterocycles. The molecule has 3 aliphatic rings. The van der Waals surface area contributed by atoms with Crippen LogP contribution in [0.15, 0.2) is 76.3 Å². The van der Waals surface area contributed by atoms with E-state index in [1.807, 2.05) is 0 Å². The SMILES string of the molecule is Nc1ncnc2c1c(C#CCNC(=O)CCCCCNC(=O)c1ccc(C(=O)O)c(-c3c4ccc(=O)cc-4oc4cc(O)ccc34)c1)cn2[C@H]1CC[C@@H](COP(=O)(O)OP(=O)(O)OP(=O)(O)O)O1. The molecule has 0 bridgehead atoms. The Labute approximate surface area is 383 Å². The van der Waals surface area contributed by atoms with E-state index in [2.05, 4.69) is 41.1 Å². The summed E-state index contributed by atoms with van der Waals surface area (Å²) in [6.45, 7) is -0.386.